The Morgan fingerprint density at radius 2 is 1.80 bits per heavy atom. The Labute approximate surface area is 99.4 Å². The maximum Gasteiger partial charge on any atom is 0.139 e. The van der Waals surface area contributed by atoms with E-state index in [1.54, 1.807) is 12.1 Å². The van der Waals surface area contributed by atoms with Crippen LogP contribution in [0.5, 0.6) is 0 Å². The predicted molar refractivity (Wildman–Crippen MR) is 66.9 cm³/mol. The molecular formula is C12H17BrFN. The Hall–Kier alpha value is -0.570. The second kappa shape index (κ2) is 6.11. The van der Waals surface area contributed by atoms with Crippen LogP contribution in [0, 0.1) is 5.82 Å². The molecule has 0 bridgehead atoms. The number of benzene rings is 1. The Morgan fingerprint density at radius 3 is 2.27 bits per heavy atom. The van der Waals surface area contributed by atoms with Gasteiger partial charge in [0.2, 0.25) is 0 Å². The van der Waals surface area contributed by atoms with Gasteiger partial charge in [0, 0.05) is 18.8 Å². The lowest BCUT2D eigenvalue weighted by Gasteiger charge is -2.23. The van der Waals surface area contributed by atoms with Gasteiger partial charge in [0.25, 0.3) is 0 Å². The smallest absolute Gasteiger partial charge is 0.139 e. The molecule has 0 aliphatic heterocycles. The van der Waals surface area contributed by atoms with Crippen LogP contribution < -0.4 is 4.90 Å². The zero-order valence-electron chi connectivity index (χ0n) is 9.26. The molecule has 3 heteroatoms. The van der Waals surface area contributed by atoms with Crippen molar-refractivity contribution in [2.24, 2.45) is 0 Å². The Kier molecular flexibility index (Phi) is 5.09. The highest BCUT2D eigenvalue weighted by Crippen LogP contribution is 2.22. The molecule has 0 N–H and O–H groups in total. The van der Waals surface area contributed by atoms with E-state index < -0.39 is 0 Å². The van der Waals surface area contributed by atoms with Crippen molar-refractivity contribution in [1.29, 1.82) is 0 Å². The first-order chi connectivity index (χ1) is 7.19. The molecule has 0 fully saturated rings. The highest BCUT2D eigenvalue weighted by Gasteiger charge is 2.07. The van der Waals surface area contributed by atoms with E-state index in [4.69, 9.17) is 0 Å². The van der Waals surface area contributed by atoms with Gasteiger partial charge >= 0.3 is 0 Å². The molecule has 0 heterocycles. The average molecular weight is 274 g/mol. The highest BCUT2D eigenvalue weighted by atomic mass is 79.9. The lowest BCUT2D eigenvalue weighted by Crippen LogP contribution is -2.24. The van der Waals surface area contributed by atoms with Crippen molar-refractivity contribution in [1.82, 2.24) is 0 Å². The van der Waals surface area contributed by atoms with Gasteiger partial charge in [0.15, 0.2) is 0 Å². The van der Waals surface area contributed by atoms with Gasteiger partial charge in [0.05, 0.1) is 4.47 Å². The fourth-order valence-electron chi connectivity index (χ4n) is 1.59. The summed E-state index contributed by atoms with van der Waals surface area (Å²) >= 11 is 3.16. The minimum atomic E-state index is -0.190. The quantitative estimate of drug-likeness (QED) is 0.777. The van der Waals surface area contributed by atoms with Crippen molar-refractivity contribution < 1.29 is 4.39 Å². The van der Waals surface area contributed by atoms with Crippen LogP contribution in [0.4, 0.5) is 10.1 Å². The summed E-state index contributed by atoms with van der Waals surface area (Å²) in [6, 6.07) is 5.32. The summed E-state index contributed by atoms with van der Waals surface area (Å²) in [6.07, 6.45) is 2.16. The summed E-state index contributed by atoms with van der Waals surface area (Å²) in [5, 5.41) is 0. The average Bonchev–Trinajstić information content (AvgIpc) is 2.22. The first-order valence-corrected chi connectivity index (χ1v) is 6.18. The van der Waals surface area contributed by atoms with Crippen LogP contribution >= 0.6 is 15.9 Å². The lowest BCUT2D eigenvalue weighted by molar-refractivity contribution is 0.619. The minimum Gasteiger partial charge on any atom is -0.371 e. The SMILES string of the molecule is CCCN(CCC)c1ccc(Br)c(F)c1. The van der Waals surface area contributed by atoms with E-state index in [1.165, 1.54) is 0 Å². The first-order valence-electron chi connectivity index (χ1n) is 5.39. The molecule has 0 spiro atoms. The van der Waals surface area contributed by atoms with Crippen molar-refractivity contribution >= 4 is 21.6 Å². The molecule has 0 aromatic heterocycles. The Bertz CT molecular complexity index is 308. The number of anilines is 1. The fourth-order valence-corrected chi connectivity index (χ4v) is 1.84. The molecule has 0 aliphatic rings. The van der Waals surface area contributed by atoms with Gasteiger partial charge in [-0.25, -0.2) is 4.39 Å². The van der Waals surface area contributed by atoms with Crippen LogP contribution in [0.2, 0.25) is 0 Å². The van der Waals surface area contributed by atoms with Gasteiger partial charge in [0.1, 0.15) is 5.82 Å². The Morgan fingerprint density at radius 1 is 1.20 bits per heavy atom. The minimum absolute atomic E-state index is 0.190. The lowest BCUT2D eigenvalue weighted by atomic mass is 10.2. The van der Waals surface area contributed by atoms with E-state index in [-0.39, 0.29) is 5.82 Å². The molecule has 1 aromatic carbocycles. The van der Waals surface area contributed by atoms with E-state index in [1.807, 2.05) is 6.07 Å². The van der Waals surface area contributed by atoms with Gasteiger partial charge in [-0.15, -0.1) is 0 Å². The maximum absolute atomic E-state index is 13.3. The highest BCUT2D eigenvalue weighted by molar-refractivity contribution is 9.10. The molecule has 0 aliphatic carbocycles. The third-order valence-corrected chi connectivity index (χ3v) is 2.90. The van der Waals surface area contributed by atoms with Gasteiger partial charge in [-0.1, -0.05) is 13.8 Å². The standard InChI is InChI=1S/C12H17BrFN/c1-3-7-15(8-4-2)10-5-6-11(13)12(14)9-10/h5-6,9H,3-4,7-8H2,1-2H3. The fraction of sp³-hybridized carbons (Fsp3) is 0.500. The van der Waals surface area contributed by atoms with Crippen LogP contribution in [-0.2, 0) is 0 Å². The van der Waals surface area contributed by atoms with Crippen molar-refractivity contribution in [2.75, 3.05) is 18.0 Å². The van der Waals surface area contributed by atoms with Gasteiger partial charge < -0.3 is 4.90 Å². The molecule has 84 valence electrons. The Balaban J connectivity index is 2.85. The van der Waals surface area contributed by atoms with Gasteiger partial charge in [-0.05, 0) is 47.0 Å². The molecule has 0 amide bonds. The summed E-state index contributed by atoms with van der Waals surface area (Å²) in [7, 11) is 0. The molecule has 0 saturated carbocycles. The van der Waals surface area contributed by atoms with Gasteiger partial charge in [-0.3, -0.25) is 0 Å². The number of hydrogen-bond acceptors (Lipinski definition) is 1. The normalized spacial score (nSPS) is 10.4. The van der Waals surface area contributed by atoms with Crippen LogP contribution in [0.15, 0.2) is 22.7 Å². The third-order valence-electron chi connectivity index (χ3n) is 2.26. The second-order valence-corrected chi connectivity index (χ2v) is 4.44. The van der Waals surface area contributed by atoms with E-state index >= 15 is 0 Å². The molecule has 1 nitrogen and oxygen atoms in total. The zero-order valence-corrected chi connectivity index (χ0v) is 10.8. The van der Waals surface area contributed by atoms with E-state index in [2.05, 4.69) is 34.7 Å². The molecule has 0 atom stereocenters. The molecule has 0 unspecified atom stereocenters. The van der Waals surface area contributed by atoms with Crippen molar-refractivity contribution in [2.45, 2.75) is 26.7 Å². The summed E-state index contributed by atoms with van der Waals surface area (Å²) in [4.78, 5) is 2.22. The number of hydrogen-bond donors (Lipinski definition) is 0. The summed E-state index contributed by atoms with van der Waals surface area (Å²) in [5.41, 5.74) is 0.972. The summed E-state index contributed by atoms with van der Waals surface area (Å²) in [6.45, 7) is 6.24. The van der Waals surface area contributed by atoms with Gasteiger partial charge in [-0.2, -0.15) is 0 Å². The number of halogens is 2. The predicted octanol–water partition coefficient (Wildman–Crippen LogP) is 4.21. The number of rotatable bonds is 5. The molecule has 0 saturated heterocycles. The van der Waals surface area contributed by atoms with Crippen LogP contribution in [0.3, 0.4) is 0 Å². The van der Waals surface area contributed by atoms with E-state index in [0.717, 1.165) is 31.6 Å². The number of nitrogens with zero attached hydrogens (tertiary/aromatic N) is 1. The van der Waals surface area contributed by atoms with Crippen molar-refractivity contribution in [3.05, 3.63) is 28.5 Å². The van der Waals surface area contributed by atoms with Crippen LogP contribution in [0.1, 0.15) is 26.7 Å². The molecule has 1 aromatic rings. The van der Waals surface area contributed by atoms with Crippen molar-refractivity contribution in [3.63, 3.8) is 0 Å². The van der Waals surface area contributed by atoms with E-state index in [9.17, 15) is 4.39 Å². The summed E-state index contributed by atoms with van der Waals surface area (Å²) in [5.74, 6) is -0.190. The second-order valence-electron chi connectivity index (χ2n) is 3.59. The zero-order chi connectivity index (χ0) is 11.3. The van der Waals surface area contributed by atoms with Crippen molar-refractivity contribution in [3.8, 4) is 0 Å². The third kappa shape index (κ3) is 3.49. The maximum atomic E-state index is 13.3. The monoisotopic (exact) mass is 273 g/mol. The topological polar surface area (TPSA) is 3.24 Å². The molecule has 15 heavy (non-hydrogen) atoms. The molecular weight excluding hydrogens is 257 g/mol. The van der Waals surface area contributed by atoms with Crippen LogP contribution in [0.25, 0.3) is 0 Å². The molecule has 1 rings (SSSR count). The summed E-state index contributed by atoms with van der Waals surface area (Å²) < 4.78 is 13.9. The first kappa shape index (κ1) is 12.5. The largest absolute Gasteiger partial charge is 0.371 e. The van der Waals surface area contributed by atoms with E-state index in [0.29, 0.717) is 4.47 Å². The van der Waals surface area contributed by atoms with Crippen LogP contribution in [-0.4, -0.2) is 13.1 Å². The molecule has 0 radical (unpaired) electrons.